The molecule has 1 saturated heterocycles. The zero-order valence-electron chi connectivity index (χ0n) is 13.9. The van der Waals surface area contributed by atoms with Gasteiger partial charge in [-0.1, -0.05) is 0 Å². The van der Waals surface area contributed by atoms with Crippen LogP contribution < -0.4 is 10.0 Å². The maximum atomic E-state index is 11.6. The van der Waals surface area contributed by atoms with Gasteiger partial charge in [-0.25, -0.2) is 13.2 Å². The standard InChI is InChI=1S/C14H23N5O4S/c1-3-23-14(20)19-9-7-11(8-10-19)15-12-5-6-13(17-16-12)18-24(21,22)4-2/h5-6,11H,3-4,7-10H2,1-2H3,(H,15,16)(H,17,18). The van der Waals surface area contributed by atoms with Gasteiger partial charge in [-0.3, -0.25) is 4.72 Å². The van der Waals surface area contributed by atoms with Crippen molar-refractivity contribution in [2.24, 2.45) is 0 Å². The van der Waals surface area contributed by atoms with Gasteiger partial charge in [0.25, 0.3) is 0 Å². The van der Waals surface area contributed by atoms with Crippen molar-refractivity contribution >= 4 is 27.8 Å². The van der Waals surface area contributed by atoms with Crippen LogP contribution in [0, 0.1) is 0 Å². The SMILES string of the molecule is CCOC(=O)N1CCC(Nc2ccc(NS(=O)(=O)CC)nn2)CC1. The number of aromatic nitrogens is 2. The Morgan fingerprint density at radius 2 is 1.88 bits per heavy atom. The monoisotopic (exact) mass is 357 g/mol. The highest BCUT2D eigenvalue weighted by molar-refractivity contribution is 7.92. The molecule has 0 saturated carbocycles. The average molecular weight is 357 g/mol. The van der Waals surface area contributed by atoms with Crippen molar-refractivity contribution in [3.63, 3.8) is 0 Å². The lowest BCUT2D eigenvalue weighted by Crippen LogP contribution is -2.42. The van der Waals surface area contributed by atoms with E-state index in [0.29, 0.717) is 25.5 Å². The van der Waals surface area contributed by atoms with Gasteiger partial charge >= 0.3 is 6.09 Å². The van der Waals surface area contributed by atoms with Gasteiger partial charge in [-0.2, -0.15) is 0 Å². The maximum Gasteiger partial charge on any atom is 0.409 e. The summed E-state index contributed by atoms with van der Waals surface area (Å²) in [7, 11) is -3.35. The minimum absolute atomic E-state index is 0.0201. The third kappa shape index (κ3) is 5.22. The Labute approximate surface area is 141 Å². The first-order valence-corrected chi connectivity index (χ1v) is 9.61. The number of piperidine rings is 1. The first-order chi connectivity index (χ1) is 11.4. The number of anilines is 2. The van der Waals surface area contributed by atoms with Crippen LogP contribution in [-0.4, -0.2) is 61.1 Å². The molecule has 0 aliphatic carbocycles. The number of ether oxygens (including phenoxy) is 1. The molecule has 1 aromatic rings. The number of nitrogens with zero attached hydrogens (tertiary/aromatic N) is 3. The normalized spacial score (nSPS) is 15.8. The van der Waals surface area contributed by atoms with E-state index in [1.807, 2.05) is 0 Å². The number of carbonyl (C=O) groups is 1. The molecule has 0 spiro atoms. The molecular weight excluding hydrogens is 334 g/mol. The van der Waals surface area contributed by atoms with Crippen LogP contribution in [0.25, 0.3) is 0 Å². The number of nitrogens with one attached hydrogen (secondary N) is 2. The Bertz CT molecular complexity index is 642. The van der Waals surface area contributed by atoms with E-state index in [-0.39, 0.29) is 23.7 Å². The quantitative estimate of drug-likeness (QED) is 0.788. The van der Waals surface area contributed by atoms with E-state index in [1.165, 1.54) is 0 Å². The molecule has 10 heteroatoms. The highest BCUT2D eigenvalue weighted by Gasteiger charge is 2.23. The molecule has 2 heterocycles. The summed E-state index contributed by atoms with van der Waals surface area (Å²) in [6.45, 7) is 4.96. The molecule has 0 aromatic carbocycles. The maximum absolute atomic E-state index is 11.6. The van der Waals surface area contributed by atoms with Gasteiger partial charge in [-0.15, -0.1) is 10.2 Å². The second-order valence-corrected chi connectivity index (χ2v) is 7.42. The van der Waals surface area contributed by atoms with Crippen molar-refractivity contribution < 1.29 is 17.9 Å². The van der Waals surface area contributed by atoms with E-state index in [4.69, 9.17) is 4.74 Å². The van der Waals surface area contributed by atoms with Gasteiger partial charge in [0.1, 0.15) is 5.82 Å². The lowest BCUT2D eigenvalue weighted by Gasteiger charge is -2.31. The van der Waals surface area contributed by atoms with Crippen LogP contribution in [0.3, 0.4) is 0 Å². The van der Waals surface area contributed by atoms with Gasteiger partial charge < -0.3 is 15.0 Å². The number of hydrogen-bond donors (Lipinski definition) is 2. The van der Waals surface area contributed by atoms with E-state index >= 15 is 0 Å². The summed E-state index contributed by atoms with van der Waals surface area (Å²) in [5.74, 6) is 0.747. The number of amides is 1. The summed E-state index contributed by atoms with van der Waals surface area (Å²) in [5, 5.41) is 11.1. The third-order valence-corrected chi connectivity index (χ3v) is 4.96. The number of likely N-dealkylation sites (tertiary alicyclic amines) is 1. The van der Waals surface area contributed by atoms with Crippen molar-refractivity contribution in [1.82, 2.24) is 15.1 Å². The highest BCUT2D eigenvalue weighted by atomic mass is 32.2. The van der Waals surface area contributed by atoms with Crippen LogP contribution in [0.2, 0.25) is 0 Å². The largest absolute Gasteiger partial charge is 0.450 e. The molecule has 1 aliphatic heterocycles. The van der Waals surface area contributed by atoms with E-state index in [9.17, 15) is 13.2 Å². The fraction of sp³-hybridized carbons (Fsp3) is 0.643. The average Bonchev–Trinajstić information content (AvgIpc) is 2.57. The minimum atomic E-state index is -3.35. The third-order valence-electron chi connectivity index (χ3n) is 3.68. The molecule has 0 unspecified atom stereocenters. The Morgan fingerprint density at radius 3 is 2.42 bits per heavy atom. The number of carbonyl (C=O) groups excluding carboxylic acids is 1. The molecule has 2 N–H and O–H groups in total. The summed E-state index contributed by atoms with van der Waals surface area (Å²) in [6, 6.07) is 3.43. The van der Waals surface area contributed by atoms with Crippen LogP contribution in [0.4, 0.5) is 16.4 Å². The first-order valence-electron chi connectivity index (χ1n) is 7.96. The lowest BCUT2D eigenvalue weighted by atomic mass is 10.1. The van der Waals surface area contributed by atoms with E-state index in [2.05, 4.69) is 20.2 Å². The lowest BCUT2D eigenvalue weighted by molar-refractivity contribution is 0.0983. The van der Waals surface area contributed by atoms with Gasteiger partial charge in [0, 0.05) is 19.1 Å². The minimum Gasteiger partial charge on any atom is -0.450 e. The molecule has 9 nitrogen and oxygen atoms in total. The van der Waals surface area contributed by atoms with Gasteiger partial charge in [0.05, 0.1) is 12.4 Å². The molecule has 0 atom stereocenters. The molecule has 1 aliphatic rings. The zero-order chi connectivity index (χ0) is 17.6. The zero-order valence-corrected chi connectivity index (χ0v) is 14.7. The topological polar surface area (TPSA) is 114 Å². The summed E-state index contributed by atoms with van der Waals surface area (Å²) in [4.78, 5) is 13.3. The molecule has 1 aromatic heterocycles. The Morgan fingerprint density at radius 1 is 1.25 bits per heavy atom. The van der Waals surface area contributed by atoms with Crippen molar-refractivity contribution in [3.8, 4) is 0 Å². The number of sulfonamides is 1. The van der Waals surface area contributed by atoms with Crippen molar-refractivity contribution in [2.45, 2.75) is 32.7 Å². The van der Waals surface area contributed by atoms with Crippen molar-refractivity contribution in [3.05, 3.63) is 12.1 Å². The number of hydrogen-bond acceptors (Lipinski definition) is 7. The van der Waals surface area contributed by atoms with E-state index < -0.39 is 10.0 Å². The molecular formula is C14H23N5O4S. The van der Waals surface area contributed by atoms with Gasteiger partial charge in [0.2, 0.25) is 10.0 Å². The van der Waals surface area contributed by atoms with E-state index in [0.717, 1.165) is 12.8 Å². The van der Waals surface area contributed by atoms with E-state index in [1.54, 1.807) is 30.9 Å². The van der Waals surface area contributed by atoms with Crippen LogP contribution in [0.5, 0.6) is 0 Å². The van der Waals surface area contributed by atoms with Gasteiger partial charge in [-0.05, 0) is 38.8 Å². The summed E-state index contributed by atoms with van der Waals surface area (Å²) in [6.07, 6.45) is 1.29. The Balaban J connectivity index is 1.84. The molecule has 1 amide bonds. The fourth-order valence-electron chi connectivity index (χ4n) is 2.33. The fourth-order valence-corrected chi connectivity index (χ4v) is 2.90. The van der Waals surface area contributed by atoms with Crippen LogP contribution >= 0.6 is 0 Å². The van der Waals surface area contributed by atoms with Gasteiger partial charge in [0.15, 0.2) is 5.82 Å². The molecule has 0 radical (unpaired) electrons. The summed E-state index contributed by atoms with van der Waals surface area (Å²) < 4.78 is 30.3. The Kier molecular flexibility index (Phi) is 6.18. The summed E-state index contributed by atoms with van der Waals surface area (Å²) in [5.41, 5.74) is 0. The molecule has 1 fully saturated rings. The highest BCUT2D eigenvalue weighted by Crippen LogP contribution is 2.16. The van der Waals surface area contributed by atoms with Crippen molar-refractivity contribution in [2.75, 3.05) is 35.5 Å². The molecule has 0 bridgehead atoms. The molecule has 24 heavy (non-hydrogen) atoms. The predicted octanol–water partition coefficient (Wildman–Crippen LogP) is 1.27. The molecule has 2 rings (SSSR count). The van der Waals surface area contributed by atoms with Crippen LogP contribution in [0.15, 0.2) is 12.1 Å². The summed E-state index contributed by atoms with van der Waals surface area (Å²) >= 11 is 0. The second kappa shape index (κ2) is 8.13. The Hall–Kier alpha value is -2.10. The first kappa shape index (κ1) is 18.2. The van der Waals surface area contributed by atoms with Crippen molar-refractivity contribution in [1.29, 1.82) is 0 Å². The molecule has 134 valence electrons. The smallest absolute Gasteiger partial charge is 0.409 e. The number of rotatable bonds is 6. The van der Waals surface area contributed by atoms with Crippen LogP contribution in [-0.2, 0) is 14.8 Å². The van der Waals surface area contributed by atoms with Crippen LogP contribution in [0.1, 0.15) is 26.7 Å². The second-order valence-electron chi connectivity index (χ2n) is 5.41. The predicted molar refractivity (Wildman–Crippen MR) is 90.4 cm³/mol.